The second kappa shape index (κ2) is 4.89. The van der Waals surface area contributed by atoms with Gasteiger partial charge in [0.2, 0.25) is 5.95 Å². The summed E-state index contributed by atoms with van der Waals surface area (Å²) in [7, 11) is 0. The average Bonchev–Trinajstić information content (AvgIpc) is 2.52. The SMILES string of the molecule is Nc1nc2cc(Cl)ccc2n1CCSC(F)(F)F. The molecular weight excluding hydrogens is 287 g/mol. The van der Waals surface area contributed by atoms with Crippen molar-refractivity contribution in [3.63, 3.8) is 0 Å². The minimum absolute atomic E-state index is 0.0780. The molecule has 0 fully saturated rings. The zero-order valence-electron chi connectivity index (χ0n) is 9.04. The lowest BCUT2D eigenvalue weighted by molar-refractivity contribution is -0.0328. The van der Waals surface area contributed by atoms with Crippen molar-refractivity contribution in [3.05, 3.63) is 23.2 Å². The van der Waals surface area contributed by atoms with Crippen LogP contribution in [0.15, 0.2) is 18.2 Å². The predicted octanol–water partition coefficient (Wildman–Crippen LogP) is 3.52. The number of aromatic nitrogens is 2. The van der Waals surface area contributed by atoms with Gasteiger partial charge in [-0.05, 0) is 30.0 Å². The molecule has 0 amide bonds. The van der Waals surface area contributed by atoms with Gasteiger partial charge in [0, 0.05) is 17.3 Å². The fraction of sp³-hybridized carbons (Fsp3) is 0.300. The summed E-state index contributed by atoms with van der Waals surface area (Å²) in [4.78, 5) is 4.05. The molecule has 0 bridgehead atoms. The Balaban J connectivity index is 2.20. The molecule has 0 aliphatic rings. The monoisotopic (exact) mass is 295 g/mol. The van der Waals surface area contributed by atoms with Gasteiger partial charge in [0.05, 0.1) is 11.0 Å². The second-order valence-electron chi connectivity index (χ2n) is 3.55. The van der Waals surface area contributed by atoms with E-state index in [4.69, 9.17) is 17.3 Å². The van der Waals surface area contributed by atoms with E-state index in [1.165, 1.54) is 0 Å². The van der Waals surface area contributed by atoms with Crippen LogP contribution in [-0.2, 0) is 6.54 Å². The normalized spacial score (nSPS) is 12.2. The maximum atomic E-state index is 12.0. The molecule has 2 N–H and O–H groups in total. The van der Waals surface area contributed by atoms with E-state index < -0.39 is 5.51 Å². The lowest BCUT2D eigenvalue weighted by atomic mass is 10.3. The molecule has 0 aliphatic heterocycles. The number of halogens is 4. The van der Waals surface area contributed by atoms with Crippen LogP contribution >= 0.6 is 23.4 Å². The largest absolute Gasteiger partial charge is 0.441 e. The first-order chi connectivity index (χ1) is 8.37. The van der Waals surface area contributed by atoms with Gasteiger partial charge in [-0.1, -0.05) is 11.6 Å². The first kappa shape index (κ1) is 13.4. The van der Waals surface area contributed by atoms with Gasteiger partial charge >= 0.3 is 5.51 Å². The van der Waals surface area contributed by atoms with Crippen LogP contribution < -0.4 is 5.73 Å². The Labute approximate surface area is 110 Å². The van der Waals surface area contributed by atoms with E-state index in [2.05, 4.69) is 4.98 Å². The summed E-state index contributed by atoms with van der Waals surface area (Å²) < 4.78 is 37.7. The Hall–Kier alpha value is -1.08. The van der Waals surface area contributed by atoms with Gasteiger partial charge in [-0.15, -0.1) is 0 Å². The number of hydrogen-bond acceptors (Lipinski definition) is 3. The molecule has 1 aromatic heterocycles. The molecule has 2 aromatic rings. The summed E-state index contributed by atoms with van der Waals surface area (Å²) in [6, 6.07) is 4.97. The Bertz CT molecular complexity index is 567. The van der Waals surface area contributed by atoms with Gasteiger partial charge in [-0.25, -0.2) is 4.98 Å². The zero-order chi connectivity index (χ0) is 13.3. The van der Waals surface area contributed by atoms with Gasteiger partial charge in [-0.2, -0.15) is 13.2 Å². The summed E-state index contributed by atoms with van der Waals surface area (Å²) >= 11 is 5.72. The molecule has 0 radical (unpaired) electrons. The van der Waals surface area contributed by atoms with Crippen molar-refractivity contribution < 1.29 is 13.2 Å². The van der Waals surface area contributed by atoms with Gasteiger partial charge < -0.3 is 10.3 Å². The number of hydrogen-bond donors (Lipinski definition) is 1. The van der Waals surface area contributed by atoms with Crippen LogP contribution in [0.3, 0.4) is 0 Å². The molecular formula is C10H9ClF3N3S. The van der Waals surface area contributed by atoms with Gasteiger partial charge in [0.25, 0.3) is 0 Å². The number of anilines is 1. The number of imidazole rings is 1. The molecule has 0 atom stereocenters. The van der Waals surface area contributed by atoms with E-state index in [1.54, 1.807) is 22.8 Å². The van der Waals surface area contributed by atoms with Crippen molar-refractivity contribution in [3.8, 4) is 0 Å². The Morgan fingerprint density at radius 1 is 1.39 bits per heavy atom. The fourth-order valence-corrected chi connectivity index (χ4v) is 2.28. The second-order valence-corrected chi connectivity index (χ2v) is 5.15. The number of aryl methyl sites for hydroxylation is 1. The fourth-order valence-electron chi connectivity index (χ4n) is 1.61. The molecule has 8 heteroatoms. The number of nitrogen functional groups attached to an aromatic ring is 1. The molecule has 18 heavy (non-hydrogen) atoms. The van der Waals surface area contributed by atoms with Crippen LogP contribution in [0.25, 0.3) is 11.0 Å². The summed E-state index contributed by atoms with van der Waals surface area (Å²) in [6.45, 7) is 0.147. The maximum Gasteiger partial charge on any atom is 0.441 e. The molecule has 1 heterocycles. The number of alkyl halides is 3. The average molecular weight is 296 g/mol. The van der Waals surface area contributed by atoms with Crippen molar-refractivity contribution in [2.45, 2.75) is 12.1 Å². The van der Waals surface area contributed by atoms with Crippen LogP contribution in [0.4, 0.5) is 19.1 Å². The third kappa shape index (κ3) is 3.02. The quantitative estimate of drug-likeness (QED) is 0.942. The highest BCUT2D eigenvalue weighted by atomic mass is 35.5. The molecule has 0 unspecified atom stereocenters. The Morgan fingerprint density at radius 3 is 2.78 bits per heavy atom. The molecule has 1 aromatic carbocycles. The van der Waals surface area contributed by atoms with Crippen molar-refractivity contribution in [2.75, 3.05) is 11.5 Å². The molecule has 98 valence electrons. The summed E-state index contributed by atoms with van der Waals surface area (Å²) in [6.07, 6.45) is 0. The first-order valence-electron chi connectivity index (χ1n) is 4.99. The molecule has 0 spiro atoms. The zero-order valence-corrected chi connectivity index (χ0v) is 10.6. The third-order valence-corrected chi connectivity index (χ3v) is 3.27. The smallest absolute Gasteiger partial charge is 0.369 e. The van der Waals surface area contributed by atoms with Crippen LogP contribution in [-0.4, -0.2) is 20.8 Å². The maximum absolute atomic E-state index is 12.0. The Morgan fingerprint density at radius 2 is 2.11 bits per heavy atom. The van der Waals surface area contributed by atoms with E-state index in [9.17, 15) is 13.2 Å². The molecule has 2 rings (SSSR count). The van der Waals surface area contributed by atoms with E-state index in [0.29, 0.717) is 16.1 Å². The Kier molecular flexibility index (Phi) is 3.63. The number of thioether (sulfide) groups is 1. The third-order valence-electron chi connectivity index (χ3n) is 2.32. The van der Waals surface area contributed by atoms with Gasteiger partial charge in [0.15, 0.2) is 0 Å². The lowest BCUT2D eigenvalue weighted by Crippen LogP contribution is -2.09. The number of rotatable bonds is 3. The van der Waals surface area contributed by atoms with E-state index in [1.807, 2.05) is 0 Å². The van der Waals surface area contributed by atoms with E-state index >= 15 is 0 Å². The molecule has 0 saturated carbocycles. The molecule has 3 nitrogen and oxygen atoms in total. The van der Waals surface area contributed by atoms with Crippen molar-refractivity contribution in [1.29, 1.82) is 0 Å². The number of nitrogens with zero attached hydrogens (tertiary/aromatic N) is 2. The first-order valence-corrected chi connectivity index (χ1v) is 6.35. The van der Waals surface area contributed by atoms with Crippen molar-refractivity contribution in [1.82, 2.24) is 9.55 Å². The topological polar surface area (TPSA) is 43.8 Å². The van der Waals surface area contributed by atoms with Crippen LogP contribution in [0, 0.1) is 0 Å². The van der Waals surface area contributed by atoms with Crippen LogP contribution in [0.2, 0.25) is 5.02 Å². The number of nitrogens with two attached hydrogens (primary N) is 1. The van der Waals surface area contributed by atoms with Crippen LogP contribution in [0.1, 0.15) is 0 Å². The minimum Gasteiger partial charge on any atom is -0.369 e. The van der Waals surface area contributed by atoms with E-state index in [-0.39, 0.29) is 30.0 Å². The highest BCUT2D eigenvalue weighted by molar-refractivity contribution is 8.00. The standard InChI is InChI=1S/C10H9ClF3N3S/c11-6-1-2-8-7(5-6)16-9(15)17(8)3-4-18-10(12,13)14/h1-2,5H,3-4H2,(H2,15,16). The van der Waals surface area contributed by atoms with Gasteiger partial charge in [0.1, 0.15) is 0 Å². The van der Waals surface area contributed by atoms with Crippen molar-refractivity contribution in [2.24, 2.45) is 0 Å². The highest BCUT2D eigenvalue weighted by Crippen LogP contribution is 2.31. The summed E-state index contributed by atoms with van der Waals surface area (Å²) in [5, 5.41) is 0.511. The number of fused-ring (bicyclic) bond motifs is 1. The molecule has 0 saturated heterocycles. The summed E-state index contributed by atoms with van der Waals surface area (Å²) in [5.74, 6) is 0.0805. The minimum atomic E-state index is -4.23. The molecule has 0 aliphatic carbocycles. The van der Waals surface area contributed by atoms with Crippen molar-refractivity contribution >= 4 is 40.3 Å². The highest BCUT2D eigenvalue weighted by Gasteiger charge is 2.27. The number of benzene rings is 1. The van der Waals surface area contributed by atoms with Gasteiger partial charge in [-0.3, -0.25) is 0 Å². The van der Waals surface area contributed by atoms with Crippen LogP contribution in [0.5, 0.6) is 0 Å². The lowest BCUT2D eigenvalue weighted by Gasteiger charge is -2.08. The van der Waals surface area contributed by atoms with E-state index in [0.717, 1.165) is 0 Å². The predicted molar refractivity (Wildman–Crippen MR) is 67.7 cm³/mol. The summed E-state index contributed by atoms with van der Waals surface area (Å²) in [5.41, 5.74) is 2.70.